The van der Waals surface area contributed by atoms with E-state index >= 15 is 0 Å². The van der Waals surface area contributed by atoms with E-state index in [1.807, 2.05) is 48.5 Å². The van der Waals surface area contributed by atoms with E-state index in [9.17, 15) is 0 Å². The van der Waals surface area contributed by atoms with Crippen LogP contribution in [0.1, 0.15) is 0 Å². The van der Waals surface area contributed by atoms with Crippen LogP contribution in [0.3, 0.4) is 0 Å². The predicted octanol–water partition coefficient (Wildman–Crippen LogP) is 14.1. The number of benzene rings is 8. The van der Waals surface area contributed by atoms with Crippen molar-refractivity contribution >= 4 is 43.6 Å². The highest BCUT2D eigenvalue weighted by molar-refractivity contribution is 6.25. The molecule has 0 amide bonds. The first-order valence-corrected chi connectivity index (χ1v) is 19.2. The maximum Gasteiger partial charge on any atom is 0.160 e. The van der Waals surface area contributed by atoms with Gasteiger partial charge in [-0.3, -0.25) is 0 Å². The third-order valence-electron chi connectivity index (χ3n) is 10.9. The lowest BCUT2D eigenvalue weighted by Gasteiger charge is -2.11. The van der Waals surface area contributed by atoms with Gasteiger partial charge in [-0.05, 0) is 41.0 Å². The molecule has 0 bridgehead atoms. The van der Waals surface area contributed by atoms with Crippen LogP contribution < -0.4 is 0 Å². The molecule has 0 spiro atoms. The quantitative estimate of drug-likeness (QED) is 0.160. The minimum Gasteiger partial charge on any atom is -0.455 e. The second-order valence-corrected chi connectivity index (χ2v) is 14.3. The average Bonchev–Trinajstić information content (AvgIpc) is 3.69. The molecule has 11 aromatic rings. The van der Waals surface area contributed by atoms with E-state index < -0.39 is 0 Å². The number of aromatic nitrogens is 3. The average molecular weight is 728 g/mol. The monoisotopic (exact) mass is 727 g/mol. The zero-order valence-corrected chi connectivity index (χ0v) is 30.8. The van der Waals surface area contributed by atoms with Crippen LogP contribution in [0.15, 0.2) is 205 Å². The molecule has 11 rings (SSSR count). The molecule has 4 heteroatoms. The fourth-order valence-electron chi connectivity index (χ4n) is 8.10. The molecule has 3 heterocycles. The van der Waals surface area contributed by atoms with Crippen LogP contribution in [0.25, 0.3) is 111 Å². The summed E-state index contributed by atoms with van der Waals surface area (Å²) in [6.45, 7) is 0. The minimum absolute atomic E-state index is 0.705. The zero-order valence-electron chi connectivity index (χ0n) is 30.8. The number of hydrogen-bond donors (Lipinski definition) is 0. The summed E-state index contributed by atoms with van der Waals surface area (Å²) in [6, 6.07) is 69.5. The Balaban J connectivity index is 0.996. The molecule has 0 saturated heterocycles. The van der Waals surface area contributed by atoms with Crippen molar-refractivity contribution in [1.82, 2.24) is 15.0 Å². The molecule has 4 nitrogen and oxygen atoms in total. The first-order chi connectivity index (χ1) is 28.2. The Bertz CT molecular complexity index is 3210. The molecular formula is C53H33N3O. The van der Waals surface area contributed by atoms with Gasteiger partial charge in [-0.1, -0.05) is 176 Å². The van der Waals surface area contributed by atoms with Gasteiger partial charge in [0.15, 0.2) is 5.82 Å². The summed E-state index contributed by atoms with van der Waals surface area (Å²) in [5.41, 5.74) is 14.0. The first-order valence-electron chi connectivity index (χ1n) is 19.2. The SMILES string of the molecule is c1ccc(-c2cc(-c3cccc(-c4ccc(-c5cccc6c5oc5c6ccc6c(-c7ccccc7)nc7ccccc7c65)cc4)c3)nc(-c3ccccc3)n2)cc1. The first kappa shape index (κ1) is 32.7. The van der Waals surface area contributed by atoms with Crippen LogP contribution >= 0.6 is 0 Å². The number of hydrogen-bond acceptors (Lipinski definition) is 4. The van der Waals surface area contributed by atoms with Gasteiger partial charge in [0.25, 0.3) is 0 Å². The van der Waals surface area contributed by atoms with Gasteiger partial charge >= 0.3 is 0 Å². The molecule has 0 aliphatic rings. The van der Waals surface area contributed by atoms with Crippen molar-refractivity contribution in [2.45, 2.75) is 0 Å². The van der Waals surface area contributed by atoms with Crippen LogP contribution in [0.4, 0.5) is 0 Å². The van der Waals surface area contributed by atoms with Gasteiger partial charge in [0.05, 0.1) is 22.6 Å². The fraction of sp³-hybridized carbons (Fsp3) is 0. The molecule has 0 atom stereocenters. The summed E-state index contributed by atoms with van der Waals surface area (Å²) in [6.07, 6.45) is 0. The van der Waals surface area contributed by atoms with Crippen molar-refractivity contribution in [1.29, 1.82) is 0 Å². The Kier molecular flexibility index (Phi) is 7.78. The van der Waals surface area contributed by atoms with Gasteiger partial charge < -0.3 is 4.42 Å². The van der Waals surface area contributed by atoms with Crippen LogP contribution in [-0.2, 0) is 0 Å². The Labute approximate surface area is 329 Å². The van der Waals surface area contributed by atoms with E-state index in [-0.39, 0.29) is 0 Å². The van der Waals surface area contributed by atoms with E-state index in [1.165, 1.54) is 0 Å². The van der Waals surface area contributed by atoms with E-state index in [1.54, 1.807) is 0 Å². The second-order valence-electron chi connectivity index (χ2n) is 14.3. The van der Waals surface area contributed by atoms with E-state index in [0.29, 0.717) is 5.82 Å². The van der Waals surface area contributed by atoms with Crippen LogP contribution in [0.2, 0.25) is 0 Å². The lowest BCUT2D eigenvalue weighted by Crippen LogP contribution is -1.96. The number of nitrogens with zero attached hydrogens (tertiary/aromatic N) is 3. The molecule has 0 fully saturated rings. The fourth-order valence-corrected chi connectivity index (χ4v) is 8.10. The third kappa shape index (κ3) is 5.74. The summed E-state index contributed by atoms with van der Waals surface area (Å²) in [5, 5.41) is 5.44. The van der Waals surface area contributed by atoms with Gasteiger partial charge in [-0.25, -0.2) is 15.0 Å². The standard InChI is InChI=1S/C53H33N3O/c1-4-14-36(15-5-1)47-33-48(56-53(55-47)38-18-8-3-9-19-38)40-21-12-20-39(32-40)34-26-28-35(29-27-34)41-23-13-24-42-43-30-31-45-49(52(43)57-51(41)42)44-22-10-11-25-46(44)54-50(45)37-16-6-2-7-17-37/h1-33H. The predicted molar refractivity (Wildman–Crippen MR) is 235 cm³/mol. The lowest BCUT2D eigenvalue weighted by atomic mass is 9.96. The topological polar surface area (TPSA) is 51.8 Å². The summed E-state index contributed by atoms with van der Waals surface area (Å²) < 4.78 is 6.97. The zero-order chi connectivity index (χ0) is 37.7. The molecule has 266 valence electrons. The number of furan rings is 1. The van der Waals surface area contributed by atoms with Crippen molar-refractivity contribution in [3.63, 3.8) is 0 Å². The van der Waals surface area contributed by atoms with Gasteiger partial charge in [-0.15, -0.1) is 0 Å². The second kappa shape index (κ2) is 13.6. The summed E-state index contributed by atoms with van der Waals surface area (Å²) in [4.78, 5) is 15.2. The van der Waals surface area contributed by atoms with E-state index in [0.717, 1.165) is 105 Å². The summed E-state index contributed by atoms with van der Waals surface area (Å²) in [5.74, 6) is 0.705. The van der Waals surface area contributed by atoms with Gasteiger partial charge in [0.1, 0.15) is 11.2 Å². The molecule has 8 aromatic carbocycles. The molecule has 0 saturated carbocycles. The number of rotatable bonds is 6. The molecule has 3 aromatic heterocycles. The van der Waals surface area contributed by atoms with Crippen LogP contribution in [-0.4, -0.2) is 15.0 Å². The summed E-state index contributed by atoms with van der Waals surface area (Å²) >= 11 is 0. The molecule has 57 heavy (non-hydrogen) atoms. The van der Waals surface area contributed by atoms with Crippen molar-refractivity contribution in [3.05, 3.63) is 200 Å². The normalized spacial score (nSPS) is 11.5. The molecule has 0 aliphatic carbocycles. The smallest absolute Gasteiger partial charge is 0.160 e. The van der Waals surface area contributed by atoms with E-state index in [4.69, 9.17) is 19.4 Å². The molecule has 0 N–H and O–H groups in total. The van der Waals surface area contributed by atoms with Crippen molar-refractivity contribution in [2.75, 3.05) is 0 Å². The van der Waals surface area contributed by atoms with Crippen LogP contribution in [0, 0.1) is 0 Å². The Hall–Kier alpha value is -7.69. The Morgan fingerprint density at radius 1 is 0.316 bits per heavy atom. The van der Waals surface area contributed by atoms with E-state index in [2.05, 4.69) is 152 Å². The van der Waals surface area contributed by atoms with Gasteiger partial charge in [0.2, 0.25) is 0 Å². The molecule has 0 unspecified atom stereocenters. The molecule has 0 radical (unpaired) electrons. The summed E-state index contributed by atoms with van der Waals surface area (Å²) in [7, 11) is 0. The molecular weight excluding hydrogens is 695 g/mol. The van der Waals surface area contributed by atoms with Crippen LogP contribution in [0.5, 0.6) is 0 Å². The van der Waals surface area contributed by atoms with Gasteiger partial charge in [0, 0.05) is 54.7 Å². The molecule has 0 aliphatic heterocycles. The van der Waals surface area contributed by atoms with Gasteiger partial charge in [-0.2, -0.15) is 0 Å². The number of fused-ring (bicyclic) bond motifs is 7. The highest BCUT2D eigenvalue weighted by atomic mass is 16.3. The largest absolute Gasteiger partial charge is 0.455 e. The highest BCUT2D eigenvalue weighted by Crippen LogP contribution is 2.43. The van der Waals surface area contributed by atoms with Crippen molar-refractivity contribution in [2.24, 2.45) is 0 Å². The maximum atomic E-state index is 6.97. The number of pyridine rings is 1. The lowest BCUT2D eigenvalue weighted by molar-refractivity contribution is 0.674. The third-order valence-corrected chi connectivity index (χ3v) is 10.9. The van der Waals surface area contributed by atoms with Crippen molar-refractivity contribution < 1.29 is 4.42 Å². The number of para-hydroxylation sites is 2. The highest BCUT2D eigenvalue weighted by Gasteiger charge is 2.19. The Morgan fingerprint density at radius 2 is 0.877 bits per heavy atom. The Morgan fingerprint density at radius 3 is 1.65 bits per heavy atom. The van der Waals surface area contributed by atoms with Crippen molar-refractivity contribution in [3.8, 4) is 67.4 Å². The minimum atomic E-state index is 0.705. The maximum absolute atomic E-state index is 6.97.